The predicted octanol–water partition coefficient (Wildman–Crippen LogP) is 2.18. The molecule has 1 nitrogen and oxygen atoms in total. The maximum atomic E-state index is 11.5. The molecule has 3 rings (SSSR count). The van der Waals surface area contributed by atoms with E-state index in [1.54, 1.807) is 0 Å². The van der Waals surface area contributed by atoms with E-state index in [2.05, 4.69) is 12.2 Å². The second-order valence-electron chi connectivity index (χ2n) is 3.99. The fraction of sp³-hybridized carbons (Fsp3) is 0.667. The SMILES string of the molecule is O=C1[C@@H]2[C@H]([C@H]3C=C[C@H]2C3)C1(Cl)Cl. The van der Waals surface area contributed by atoms with Crippen LogP contribution in [-0.2, 0) is 4.79 Å². The predicted molar refractivity (Wildman–Crippen MR) is 47.2 cm³/mol. The Morgan fingerprint density at radius 2 is 2.00 bits per heavy atom. The first-order chi connectivity index (χ1) is 5.62. The van der Waals surface area contributed by atoms with Crippen molar-refractivity contribution in [3.8, 4) is 0 Å². The lowest BCUT2D eigenvalue weighted by molar-refractivity contribution is -0.136. The molecule has 0 spiro atoms. The summed E-state index contributed by atoms with van der Waals surface area (Å²) in [5.74, 6) is 1.32. The van der Waals surface area contributed by atoms with Crippen LogP contribution in [-0.4, -0.2) is 10.1 Å². The maximum Gasteiger partial charge on any atom is 0.180 e. The van der Waals surface area contributed by atoms with Gasteiger partial charge in [0.05, 0.1) is 0 Å². The van der Waals surface area contributed by atoms with Gasteiger partial charge in [-0.1, -0.05) is 35.4 Å². The summed E-state index contributed by atoms with van der Waals surface area (Å²) >= 11 is 11.9. The molecule has 0 aromatic carbocycles. The van der Waals surface area contributed by atoms with E-state index in [-0.39, 0.29) is 17.6 Å². The van der Waals surface area contributed by atoms with Gasteiger partial charge in [-0.3, -0.25) is 4.79 Å². The second-order valence-corrected chi connectivity index (χ2v) is 5.37. The zero-order chi connectivity index (χ0) is 8.51. The van der Waals surface area contributed by atoms with Crippen molar-refractivity contribution < 1.29 is 4.79 Å². The molecule has 12 heavy (non-hydrogen) atoms. The minimum absolute atomic E-state index is 0.0488. The zero-order valence-corrected chi connectivity index (χ0v) is 7.85. The van der Waals surface area contributed by atoms with E-state index in [1.807, 2.05) is 0 Å². The molecular formula is C9H8Cl2O. The summed E-state index contributed by atoms with van der Waals surface area (Å²) in [5, 5.41) is 0. The van der Waals surface area contributed by atoms with Crippen LogP contribution in [0.1, 0.15) is 6.42 Å². The van der Waals surface area contributed by atoms with Gasteiger partial charge in [0.2, 0.25) is 0 Å². The molecule has 0 heterocycles. The van der Waals surface area contributed by atoms with Gasteiger partial charge in [-0.25, -0.2) is 0 Å². The number of carbonyl (C=O) groups is 1. The molecule has 4 atom stereocenters. The number of carbonyl (C=O) groups excluding carboxylic acids is 1. The minimum atomic E-state index is -1.06. The van der Waals surface area contributed by atoms with Gasteiger partial charge in [-0.05, 0) is 18.3 Å². The fourth-order valence-electron chi connectivity index (χ4n) is 2.96. The van der Waals surface area contributed by atoms with Crippen molar-refractivity contribution in [2.24, 2.45) is 23.7 Å². The van der Waals surface area contributed by atoms with Crippen molar-refractivity contribution in [3.05, 3.63) is 12.2 Å². The van der Waals surface area contributed by atoms with Gasteiger partial charge in [-0.15, -0.1) is 0 Å². The van der Waals surface area contributed by atoms with Crippen LogP contribution in [0, 0.1) is 23.7 Å². The van der Waals surface area contributed by atoms with Gasteiger partial charge in [0.1, 0.15) is 0 Å². The van der Waals surface area contributed by atoms with Gasteiger partial charge < -0.3 is 0 Å². The van der Waals surface area contributed by atoms with Crippen molar-refractivity contribution in [2.45, 2.75) is 10.8 Å². The normalized spacial score (nSPS) is 52.3. The summed E-state index contributed by atoms with van der Waals surface area (Å²) in [6.07, 6.45) is 5.40. The van der Waals surface area contributed by atoms with E-state index in [4.69, 9.17) is 23.2 Å². The lowest BCUT2D eigenvalue weighted by atomic mass is 9.66. The zero-order valence-electron chi connectivity index (χ0n) is 6.34. The Kier molecular flexibility index (Phi) is 1.18. The number of rotatable bonds is 0. The van der Waals surface area contributed by atoms with Gasteiger partial charge >= 0.3 is 0 Å². The third kappa shape index (κ3) is 0.590. The number of hydrogen-bond acceptors (Lipinski definition) is 1. The third-order valence-electron chi connectivity index (χ3n) is 3.51. The quantitative estimate of drug-likeness (QED) is 0.435. The molecule has 0 aromatic rings. The Bertz CT molecular complexity index is 295. The number of allylic oxidation sites excluding steroid dienone is 2. The second kappa shape index (κ2) is 1.91. The first kappa shape index (κ1) is 7.40. The number of hydrogen-bond donors (Lipinski definition) is 0. The van der Waals surface area contributed by atoms with Crippen LogP contribution in [0.2, 0.25) is 0 Å². The topological polar surface area (TPSA) is 17.1 Å². The summed E-state index contributed by atoms with van der Waals surface area (Å²) in [6.45, 7) is 0. The first-order valence-corrected chi connectivity index (χ1v) is 4.98. The van der Waals surface area contributed by atoms with E-state index in [9.17, 15) is 4.79 Å². The van der Waals surface area contributed by atoms with Crippen LogP contribution >= 0.6 is 23.2 Å². The Hall–Kier alpha value is -0.0100. The Morgan fingerprint density at radius 3 is 2.67 bits per heavy atom. The summed E-state index contributed by atoms with van der Waals surface area (Å²) in [5.41, 5.74) is 0. The van der Waals surface area contributed by atoms with Gasteiger partial charge in [0.15, 0.2) is 10.1 Å². The summed E-state index contributed by atoms with van der Waals surface area (Å²) in [6, 6.07) is 0. The average molecular weight is 203 g/mol. The molecule has 0 saturated heterocycles. The number of ketones is 1. The van der Waals surface area contributed by atoms with Gasteiger partial charge in [0, 0.05) is 11.8 Å². The lowest BCUT2D eigenvalue weighted by Gasteiger charge is -2.46. The highest BCUT2D eigenvalue weighted by Crippen LogP contribution is 2.64. The molecule has 2 fully saturated rings. The standard InChI is InChI=1S/C9H8Cl2O/c10-9(11)7-5-2-1-4(3-5)6(7)8(9)12/h1-2,4-7H,3H2/t4-,5-,6-,7-/m0/s1. The Morgan fingerprint density at radius 1 is 1.33 bits per heavy atom. The van der Waals surface area contributed by atoms with Crippen molar-refractivity contribution in [1.82, 2.24) is 0 Å². The van der Waals surface area contributed by atoms with Crippen LogP contribution in [0.4, 0.5) is 0 Å². The van der Waals surface area contributed by atoms with E-state index in [1.165, 1.54) is 0 Å². The van der Waals surface area contributed by atoms with Crippen LogP contribution < -0.4 is 0 Å². The van der Waals surface area contributed by atoms with Gasteiger partial charge in [0.25, 0.3) is 0 Å². The molecule has 0 amide bonds. The van der Waals surface area contributed by atoms with E-state index in [0.717, 1.165) is 6.42 Å². The molecule has 3 heteroatoms. The molecule has 0 N–H and O–H groups in total. The highest BCUT2D eigenvalue weighted by molar-refractivity contribution is 6.61. The molecule has 0 radical (unpaired) electrons. The monoisotopic (exact) mass is 202 g/mol. The summed E-state index contributed by atoms with van der Waals surface area (Å²) < 4.78 is -1.06. The lowest BCUT2D eigenvalue weighted by Crippen LogP contribution is -2.57. The molecule has 64 valence electrons. The smallest absolute Gasteiger partial charge is 0.180 e. The molecule has 0 unspecified atom stereocenters. The summed E-state index contributed by atoms with van der Waals surface area (Å²) in [7, 11) is 0. The molecule has 2 bridgehead atoms. The third-order valence-corrected chi connectivity index (χ3v) is 4.39. The Labute approximate surface area is 80.7 Å². The Balaban J connectivity index is 2.04. The molecule has 2 saturated carbocycles. The molecule has 0 aliphatic heterocycles. The van der Waals surface area contributed by atoms with Crippen LogP contribution in [0.25, 0.3) is 0 Å². The fourth-order valence-corrected chi connectivity index (χ4v) is 3.81. The molecule has 0 aromatic heterocycles. The highest BCUT2D eigenvalue weighted by Gasteiger charge is 2.68. The summed E-state index contributed by atoms with van der Waals surface area (Å²) in [4.78, 5) is 11.5. The number of halogens is 2. The molecule has 3 aliphatic carbocycles. The first-order valence-electron chi connectivity index (χ1n) is 4.23. The van der Waals surface area contributed by atoms with E-state index >= 15 is 0 Å². The van der Waals surface area contributed by atoms with Crippen molar-refractivity contribution >= 4 is 29.0 Å². The van der Waals surface area contributed by atoms with Crippen LogP contribution in [0.5, 0.6) is 0 Å². The minimum Gasteiger partial charge on any atom is -0.296 e. The molecule has 3 aliphatic rings. The highest BCUT2D eigenvalue weighted by atomic mass is 35.5. The van der Waals surface area contributed by atoms with Crippen LogP contribution in [0.3, 0.4) is 0 Å². The number of fused-ring (bicyclic) bond motifs is 5. The number of Topliss-reactive ketones (excluding diaryl/α,β-unsaturated/α-hetero) is 1. The number of alkyl halides is 2. The average Bonchev–Trinajstić information content (AvgIpc) is 2.59. The van der Waals surface area contributed by atoms with Crippen molar-refractivity contribution in [1.29, 1.82) is 0 Å². The van der Waals surface area contributed by atoms with Gasteiger partial charge in [-0.2, -0.15) is 0 Å². The van der Waals surface area contributed by atoms with E-state index in [0.29, 0.717) is 11.8 Å². The van der Waals surface area contributed by atoms with Crippen molar-refractivity contribution in [3.63, 3.8) is 0 Å². The van der Waals surface area contributed by atoms with Crippen molar-refractivity contribution in [2.75, 3.05) is 0 Å². The molecular weight excluding hydrogens is 195 g/mol. The largest absolute Gasteiger partial charge is 0.296 e. The van der Waals surface area contributed by atoms with Crippen LogP contribution in [0.15, 0.2) is 12.2 Å². The van der Waals surface area contributed by atoms with E-state index < -0.39 is 4.33 Å². The maximum absolute atomic E-state index is 11.5.